The summed E-state index contributed by atoms with van der Waals surface area (Å²) in [5.74, 6) is -1.60. The van der Waals surface area contributed by atoms with Crippen LogP contribution < -0.4 is 5.32 Å². The van der Waals surface area contributed by atoms with Gasteiger partial charge in [0, 0.05) is 40.1 Å². The Labute approximate surface area is 228 Å². The van der Waals surface area contributed by atoms with Crippen molar-refractivity contribution >= 4 is 40.1 Å². The number of nitrogens with one attached hydrogen (secondary N) is 1. The molecule has 2 heterocycles. The van der Waals surface area contributed by atoms with Crippen LogP contribution in [0.3, 0.4) is 0 Å². The van der Waals surface area contributed by atoms with E-state index >= 15 is 0 Å². The number of thiazole rings is 1. The highest BCUT2D eigenvalue weighted by Crippen LogP contribution is 2.40. The van der Waals surface area contributed by atoms with Crippen molar-refractivity contribution in [1.29, 1.82) is 0 Å². The molecular formula is C26H31N3O7S2. The molecule has 2 atom stereocenters. The average molecular weight is 562 g/mol. The molecule has 1 aromatic carbocycles. The lowest BCUT2D eigenvalue weighted by atomic mass is 9.80. The summed E-state index contributed by atoms with van der Waals surface area (Å²) in [7, 11) is 1.24. The normalized spacial score (nSPS) is 16.2. The Morgan fingerprint density at radius 2 is 1.79 bits per heavy atom. The van der Waals surface area contributed by atoms with Gasteiger partial charge in [0.1, 0.15) is 5.75 Å². The molecule has 1 aromatic heterocycles. The minimum Gasteiger partial charge on any atom is -0.610 e. The maximum absolute atomic E-state index is 13.2. The van der Waals surface area contributed by atoms with Crippen molar-refractivity contribution < 1.29 is 28.5 Å². The smallest absolute Gasteiger partial charge is 0.336 e. The molecule has 0 saturated carbocycles. The van der Waals surface area contributed by atoms with Gasteiger partial charge in [-0.3, -0.25) is 10.1 Å². The van der Waals surface area contributed by atoms with Crippen LogP contribution in [0.2, 0.25) is 0 Å². The number of ether oxygens (including phenoxy) is 2. The zero-order valence-corrected chi connectivity index (χ0v) is 23.4. The predicted octanol–water partition coefficient (Wildman–Crippen LogP) is 4.68. The molecule has 1 aliphatic heterocycles. The summed E-state index contributed by atoms with van der Waals surface area (Å²) in [5, 5.41) is 16.3. The van der Waals surface area contributed by atoms with Gasteiger partial charge in [0.25, 0.3) is 5.69 Å². The highest BCUT2D eigenvalue weighted by molar-refractivity contribution is 7.93. The monoisotopic (exact) mass is 561 g/mol. The van der Waals surface area contributed by atoms with E-state index in [1.165, 1.54) is 36.6 Å². The molecule has 0 aliphatic carbocycles. The second kappa shape index (κ2) is 13.5. The molecule has 2 aromatic rings. The number of methoxy groups -OCH3 is 1. The third kappa shape index (κ3) is 7.21. The van der Waals surface area contributed by atoms with E-state index < -0.39 is 34.0 Å². The molecule has 12 heteroatoms. The standard InChI is InChI=1S/C26H31N3O7S2/c1-16-15-37-26(27-16)38(34)13-8-6-5-7-12-36-25(31)22-18(3)28-17(2)21(24(30)35-4)23(22)19-10-9-11-20(14-19)29(32)33/h9-11,14-15,23,28H,5-8,12-13H2,1-4H3. The van der Waals surface area contributed by atoms with E-state index in [-0.39, 0.29) is 23.4 Å². The Hall–Kier alpha value is -3.22. The number of nitro groups is 1. The van der Waals surface area contributed by atoms with Gasteiger partial charge in [-0.15, -0.1) is 0 Å². The second-order valence-electron chi connectivity index (χ2n) is 8.83. The maximum Gasteiger partial charge on any atom is 0.336 e. The number of rotatable bonds is 12. The predicted molar refractivity (Wildman–Crippen MR) is 144 cm³/mol. The third-order valence-electron chi connectivity index (χ3n) is 6.05. The molecule has 1 N–H and O–H groups in total. The first-order valence-corrected chi connectivity index (χ1v) is 14.3. The van der Waals surface area contributed by atoms with Crippen LogP contribution in [0.25, 0.3) is 0 Å². The van der Waals surface area contributed by atoms with Crippen LogP contribution in [0.1, 0.15) is 56.7 Å². The number of hydrogen-bond acceptors (Lipinski definition) is 10. The van der Waals surface area contributed by atoms with E-state index in [9.17, 15) is 24.3 Å². The molecule has 0 fully saturated rings. The van der Waals surface area contributed by atoms with E-state index in [4.69, 9.17) is 9.47 Å². The Morgan fingerprint density at radius 1 is 1.11 bits per heavy atom. The Bertz CT molecular complexity index is 1250. The van der Waals surface area contributed by atoms with E-state index in [2.05, 4.69) is 10.3 Å². The molecule has 0 bridgehead atoms. The molecular weight excluding hydrogens is 530 g/mol. The van der Waals surface area contributed by atoms with Gasteiger partial charge >= 0.3 is 16.3 Å². The van der Waals surface area contributed by atoms with Crippen molar-refractivity contribution in [2.24, 2.45) is 0 Å². The van der Waals surface area contributed by atoms with Gasteiger partial charge in [-0.1, -0.05) is 23.5 Å². The number of aryl methyl sites for hydroxylation is 1. The highest BCUT2D eigenvalue weighted by atomic mass is 32.2. The fraction of sp³-hybridized carbons (Fsp3) is 0.423. The number of carbonyl (C=O) groups excluding carboxylic acids is 2. The largest absolute Gasteiger partial charge is 0.610 e. The fourth-order valence-electron chi connectivity index (χ4n) is 4.25. The van der Waals surface area contributed by atoms with E-state index in [0.29, 0.717) is 33.5 Å². The lowest BCUT2D eigenvalue weighted by molar-refractivity contribution is -0.384. The highest BCUT2D eigenvalue weighted by Gasteiger charge is 2.38. The van der Waals surface area contributed by atoms with Gasteiger partial charge in [-0.2, -0.15) is 4.98 Å². The molecule has 0 radical (unpaired) electrons. The first-order chi connectivity index (χ1) is 18.1. The van der Waals surface area contributed by atoms with Crippen LogP contribution in [0.15, 0.2) is 56.5 Å². The molecule has 38 heavy (non-hydrogen) atoms. The third-order valence-corrected chi connectivity index (χ3v) is 8.79. The lowest BCUT2D eigenvalue weighted by Gasteiger charge is -2.30. The number of esters is 2. The van der Waals surface area contributed by atoms with Gasteiger partial charge in [0.15, 0.2) is 0 Å². The fourth-order valence-corrected chi connectivity index (χ4v) is 6.48. The van der Waals surface area contributed by atoms with Gasteiger partial charge < -0.3 is 19.3 Å². The minimum absolute atomic E-state index is 0.154. The van der Waals surface area contributed by atoms with Crippen molar-refractivity contribution in [2.75, 3.05) is 19.5 Å². The number of unbranched alkanes of at least 4 members (excludes halogenated alkanes) is 3. The van der Waals surface area contributed by atoms with Crippen molar-refractivity contribution in [3.63, 3.8) is 0 Å². The van der Waals surface area contributed by atoms with Crippen LogP contribution in [0.5, 0.6) is 0 Å². The van der Waals surface area contributed by atoms with E-state index in [0.717, 1.165) is 25.0 Å². The van der Waals surface area contributed by atoms with Crippen molar-refractivity contribution in [1.82, 2.24) is 10.3 Å². The lowest BCUT2D eigenvalue weighted by Crippen LogP contribution is -2.32. The minimum atomic E-state index is -1.10. The molecule has 1 aliphatic rings. The molecule has 0 amide bonds. The second-order valence-corrected chi connectivity index (χ2v) is 11.4. The van der Waals surface area contributed by atoms with E-state index in [1.807, 2.05) is 12.3 Å². The zero-order valence-electron chi connectivity index (χ0n) is 21.8. The first kappa shape index (κ1) is 29.3. The van der Waals surface area contributed by atoms with Crippen LogP contribution in [-0.4, -0.2) is 45.9 Å². The molecule has 0 spiro atoms. The average Bonchev–Trinajstić information content (AvgIpc) is 3.33. The summed E-state index contributed by atoms with van der Waals surface area (Å²) >= 11 is 0.309. The molecule has 204 valence electrons. The topological polar surface area (TPSA) is 144 Å². The molecule has 0 saturated heterocycles. The number of nitro benzene ring substituents is 1. The zero-order chi connectivity index (χ0) is 27.8. The number of non-ortho nitro benzene ring substituents is 1. The van der Waals surface area contributed by atoms with Crippen molar-refractivity contribution in [3.05, 3.63) is 73.6 Å². The number of nitrogens with zero attached hydrogens (tertiary/aromatic N) is 2. The summed E-state index contributed by atoms with van der Waals surface area (Å²) in [6.45, 7) is 5.43. The number of benzene rings is 1. The number of allylic oxidation sites excluding steroid dienone is 2. The van der Waals surface area contributed by atoms with Crippen LogP contribution >= 0.6 is 11.3 Å². The summed E-state index contributed by atoms with van der Waals surface area (Å²) in [6, 6.07) is 5.85. The van der Waals surface area contributed by atoms with Crippen molar-refractivity contribution in [3.8, 4) is 0 Å². The quantitative estimate of drug-likeness (QED) is 0.128. The first-order valence-electron chi connectivity index (χ1n) is 12.1. The maximum atomic E-state index is 13.2. The van der Waals surface area contributed by atoms with Gasteiger partial charge in [-0.05, 0) is 52.0 Å². The number of carbonyl (C=O) groups is 2. The Kier molecular flexibility index (Phi) is 10.5. The summed E-state index contributed by atoms with van der Waals surface area (Å²) in [4.78, 5) is 41.1. The van der Waals surface area contributed by atoms with Crippen LogP contribution in [-0.2, 0) is 30.2 Å². The molecule has 10 nitrogen and oxygen atoms in total. The van der Waals surface area contributed by atoms with Crippen LogP contribution in [0.4, 0.5) is 5.69 Å². The van der Waals surface area contributed by atoms with Crippen LogP contribution in [0, 0.1) is 17.0 Å². The Morgan fingerprint density at radius 3 is 2.42 bits per heavy atom. The SMILES string of the molecule is COC(=O)C1=C(C)NC(C)=C(C(=O)OCCCCCC[S+]([O-])c2nc(C)cs2)C1c1cccc([N+](=O)[O-])c1. The van der Waals surface area contributed by atoms with Crippen molar-refractivity contribution in [2.45, 2.75) is 56.7 Å². The summed E-state index contributed by atoms with van der Waals surface area (Å²) in [5.41, 5.74) is 2.51. The number of hydrogen-bond donors (Lipinski definition) is 1. The molecule has 3 rings (SSSR count). The Balaban J connectivity index is 1.64. The number of dihydropyridines is 1. The van der Waals surface area contributed by atoms with Gasteiger partial charge in [-0.25, -0.2) is 9.59 Å². The molecule has 2 unspecified atom stereocenters. The summed E-state index contributed by atoms with van der Waals surface area (Å²) < 4.78 is 23.4. The van der Waals surface area contributed by atoms with Gasteiger partial charge in [0.2, 0.25) is 0 Å². The summed E-state index contributed by atoms with van der Waals surface area (Å²) in [6.07, 6.45) is 3.02. The van der Waals surface area contributed by atoms with Gasteiger partial charge in [0.05, 0.1) is 41.4 Å². The number of aromatic nitrogens is 1. The van der Waals surface area contributed by atoms with E-state index in [1.54, 1.807) is 19.9 Å².